The Morgan fingerprint density at radius 2 is 2.09 bits per heavy atom. The van der Waals surface area contributed by atoms with E-state index < -0.39 is 0 Å². The van der Waals surface area contributed by atoms with E-state index in [0.29, 0.717) is 13.2 Å². The fourth-order valence-electron chi connectivity index (χ4n) is 5.19. The number of amides is 1. The predicted octanol–water partition coefficient (Wildman–Crippen LogP) is 3.97. The standard InChI is InChI=1S/C26H27N5O2/c1-17(32)30-10-8-25-24(15-30)26(28-31(25)21-9-11-33-16-21)23-5-3-4-19-12-18(6-7-22(19)23)20-13-27-29(2)14-20/h3-7,12-14,21H,8-11,15-16H2,1-2H3/t21-/m0/s1. The highest BCUT2D eigenvalue weighted by Crippen LogP contribution is 2.37. The molecular formula is C26H27N5O2. The van der Waals surface area contributed by atoms with Crippen molar-refractivity contribution in [3.05, 3.63) is 60.0 Å². The molecule has 0 radical (unpaired) electrons. The highest BCUT2D eigenvalue weighted by atomic mass is 16.5. The molecule has 1 saturated heterocycles. The van der Waals surface area contributed by atoms with Gasteiger partial charge in [0.2, 0.25) is 5.91 Å². The number of nitrogens with zero attached hydrogens (tertiary/aromatic N) is 5. The predicted molar refractivity (Wildman–Crippen MR) is 127 cm³/mol. The molecule has 7 heteroatoms. The lowest BCUT2D eigenvalue weighted by Crippen LogP contribution is -2.35. The molecule has 0 saturated carbocycles. The molecule has 33 heavy (non-hydrogen) atoms. The van der Waals surface area contributed by atoms with Crippen LogP contribution in [0.4, 0.5) is 0 Å². The van der Waals surface area contributed by atoms with Gasteiger partial charge in [-0.05, 0) is 28.8 Å². The lowest BCUT2D eigenvalue weighted by molar-refractivity contribution is -0.129. The summed E-state index contributed by atoms with van der Waals surface area (Å²) in [5.41, 5.74) is 6.78. The van der Waals surface area contributed by atoms with Crippen LogP contribution >= 0.6 is 0 Å². The number of aryl methyl sites for hydroxylation is 1. The van der Waals surface area contributed by atoms with Crippen LogP contribution in [0.1, 0.15) is 30.6 Å². The Kier molecular flexibility index (Phi) is 4.80. The van der Waals surface area contributed by atoms with Gasteiger partial charge in [0.1, 0.15) is 0 Å². The van der Waals surface area contributed by atoms with Crippen molar-refractivity contribution in [2.45, 2.75) is 32.4 Å². The summed E-state index contributed by atoms with van der Waals surface area (Å²) in [5, 5.41) is 11.8. The Hall–Kier alpha value is -3.45. The van der Waals surface area contributed by atoms with E-state index in [9.17, 15) is 4.79 Å². The van der Waals surface area contributed by atoms with E-state index in [4.69, 9.17) is 9.84 Å². The summed E-state index contributed by atoms with van der Waals surface area (Å²) in [5.74, 6) is 0.114. The molecule has 1 atom stereocenters. The molecule has 0 spiro atoms. The van der Waals surface area contributed by atoms with E-state index in [-0.39, 0.29) is 11.9 Å². The third kappa shape index (κ3) is 3.43. The van der Waals surface area contributed by atoms with Crippen molar-refractivity contribution >= 4 is 16.7 Å². The van der Waals surface area contributed by atoms with Crippen LogP contribution in [-0.4, -0.2) is 50.1 Å². The lowest BCUT2D eigenvalue weighted by atomic mass is 9.95. The van der Waals surface area contributed by atoms with Crippen molar-refractivity contribution in [3.8, 4) is 22.4 Å². The fraction of sp³-hybridized carbons (Fsp3) is 0.346. The highest BCUT2D eigenvalue weighted by Gasteiger charge is 2.31. The summed E-state index contributed by atoms with van der Waals surface area (Å²) < 4.78 is 9.69. The van der Waals surface area contributed by atoms with Crippen molar-refractivity contribution in [1.82, 2.24) is 24.5 Å². The molecule has 2 aromatic heterocycles. The third-order valence-corrected chi connectivity index (χ3v) is 6.96. The maximum Gasteiger partial charge on any atom is 0.219 e. The smallest absolute Gasteiger partial charge is 0.219 e. The molecule has 7 nitrogen and oxygen atoms in total. The minimum absolute atomic E-state index is 0.114. The Morgan fingerprint density at radius 1 is 1.18 bits per heavy atom. The number of fused-ring (bicyclic) bond motifs is 2. The van der Waals surface area contributed by atoms with Crippen LogP contribution in [0.25, 0.3) is 33.2 Å². The zero-order valence-corrected chi connectivity index (χ0v) is 19.0. The zero-order chi connectivity index (χ0) is 22.5. The number of aromatic nitrogens is 4. The fourth-order valence-corrected chi connectivity index (χ4v) is 5.19. The second-order valence-corrected chi connectivity index (χ2v) is 9.07. The summed E-state index contributed by atoms with van der Waals surface area (Å²) in [6, 6.07) is 13.2. The van der Waals surface area contributed by atoms with Gasteiger partial charge in [0.15, 0.2) is 0 Å². The number of rotatable bonds is 3. The van der Waals surface area contributed by atoms with Gasteiger partial charge in [0.25, 0.3) is 0 Å². The van der Waals surface area contributed by atoms with Crippen molar-refractivity contribution < 1.29 is 9.53 Å². The van der Waals surface area contributed by atoms with Crippen LogP contribution < -0.4 is 0 Å². The van der Waals surface area contributed by atoms with Crippen molar-refractivity contribution in [1.29, 1.82) is 0 Å². The molecule has 1 amide bonds. The first-order valence-electron chi connectivity index (χ1n) is 11.5. The molecule has 4 heterocycles. The third-order valence-electron chi connectivity index (χ3n) is 6.96. The van der Waals surface area contributed by atoms with Crippen LogP contribution in [0.3, 0.4) is 0 Å². The van der Waals surface area contributed by atoms with Crippen LogP contribution in [0, 0.1) is 0 Å². The number of carbonyl (C=O) groups excluding carboxylic acids is 1. The van der Waals surface area contributed by atoms with Crippen molar-refractivity contribution in [2.24, 2.45) is 7.05 Å². The van der Waals surface area contributed by atoms with Crippen LogP contribution in [0.2, 0.25) is 0 Å². The average molecular weight is 442 g/mol. The van der Waals surface area contributed by atoms with Gasteiger partial charge in [-0.2, -0.15) is 10.2 Å². The van der Waals surface area contributed by atoms with Gasteiger partial charge < -0.3 is 9.64 Å². The van der Waals surface area contributed by atoms with Gasteiger partial charge in [0.05, 0.1) is 24.5 Å². The highest BCUT2D eigenvalue weighted by molar-refractivity contribution is 5.98. The quantitative estimate of drug-likeness (QED) is 0.483. The van der Waals surface area contributed by atoms with Crippen molar-refractivity contribution in [3.63, 3.8) is 0 Å². The maximum atomic E-state index is 12.2. The summed E-state index contributed by atoms with van der Waals surface area (Å²) in [6.45, 7) is 4.48. The van der Waals surface area contributed by atoms with E-state index in [1.54, 1.807) is 6.92 Å². The Balaban J connectivity index is 1.50. The van der Waals surface area contributed by atoms with Gasteiger partial charge >= 0.3 is 0 Å². The van der Waals surface area contributed by atoms with E-state index in [2.05, 4.69) is 46.2 Å². The second kappa shape index (κ2) is 7.85. The number of hydrogen-bond donors (Lipinski definition) is 0. The molecule has 2 aliphatic heterocycles. The first kappa shape index (κ1) is 20.2. The van der Waals surface area contributed by atoms with E-state index in [1.807, 2.05) is 29.0 Å². The van der Waals surface area contributed by atoms with Crippen LogP contribution in [0.15, 0.2) is 48.8 Å². The summed E-state index contributed by atoms with van der Waals surface area (Å²) >= 11 is 0. The minimum atomic E-state index is 0.114. The molecule has 2 aromatic carbocycles. The van der Waals surface area contributed by atoms with Crippen molar-refractivity contribution in [2.75, 3.05) is 19.8 Å². The normalized spacial score (nSPS) is 18.1. The molecule has 0 bridgehead atoms. The molecule has 0 aliphatic carbocycles. The molecular weight excluding hydrogens is 414 g/mol. The number of carbonyl (C=O) groups is 1. The van der Waals surface area contributed by atoms with Gasteiger partial charge in [-0.3, -0.25) is 14.2 Å². The molecule has 168 valence electrons. The maximum absolute atomic E-state index is 12.2. The Morgan fingerprint density at radius 3 is 2.85 bits per heavy atom. The molecule has 4 aromatic rings. The molecule has 6 rings (SSSR count). The summed E-state index contributed by atoms with van der Waals surface area (Å²) in [7, 11) is 1.93. The van der Waals surface area contributed by atoms with Gasteiger partial charge in [-0.1, -0.05) is 30.3 Å². The lowest BCUT2D eigenvalue weighted by Gasteiger charge is -2.27. The topological polar surface area (TPSA) is 65.2 Å². The monoisotopic (exact) mass is 441 g/mol. The second-order valence-electron chi connectivity index (χ2n) is 9.07. The van der Waals surface area contributed by atoms with Crippen LogP contribution in [0.5, 0.6) is 0 Å². The summed E-state index contributed by atoms with van der Waals surface area (Å²) in [4.78, 5) is 14.1. The van der Waals surface area contributed by atoms with Gasteiger partial charge in [-0.15, -0.1) is 0 Å². The molecule has 0 N–H and O–H groups in total. The van der Waals surface area contributed by atoms with E-state index in [0.717, 1.165) is 48.4 Å². The molecule has 1 fully saturated rings. The first-order valence-corrected chi connectivity index (χ1v) is 11.5. The largest absolute Gasteiger partial charge is 0.379 e. The Bertz CT molecular complexity index is 1360. The number of ether oxygens (including phenoxy) is 1. The molecule has 2 aliphatic rings. The number of benzene rings is 2. The van der Waals surface area contributed by atoms with E-state index in [1.165, 1.54) is 22.0 Å². The SMILES string of the molecule is CC(=O)N1CCc2c(c(-c3cccc4cc(-c5cnn(C)c5)ccc34)nn2[C@H]2CCOC2)C1. The zero-order valence-electron chi connectivity index (χ0n) is 19.0. The van der Waals surface area contributed by atoms with Crippen LogP contribution in [-0.2, 0) is 29.5 Å². The van der Waals surface area contributed by atoms with Gasteiger partial charge in [0, 0.05) is 68.7 Å². The average Bonchev–Trinajstić information content (AvgIpc) is 3.57. The van der Waals surface area contributed by atoms with E-state index >= 15 is 0 Å². The minimum Gasteiger partial charge on any atom is -0.379 e. The molecule has 0 unspecified atom stereocenters. The number of hydrogen-bond acceptors (Lipinski definition) is 4. The van der Waals surface area contributed by atoms with Gasteiger partial charge in [-0.25, -0.2) is 0 Å². The Labute approximate surface area is 192 Å². The summed E-state index contributed by atoms with van der Waals surface area (Å²) in [6.07, 6.45) is 5.73. The first-order chi connectivity index (χ1) is 16.1.